The maximum absolute atomic E-state index is 13.7. The summed E-state index contributed by atoms with van der Waals surface area (Å²) in [7, 11) is 1.42. The van der Waals surface area contributed by atoms with E-state index >= 15 is 0 Å². The van der Waals surface area contributed by atoms with Gasteiger partial charge >= 0.3 is 5.97 Å². The number of benzene rings is 3. The second-order valence-electron chi connectivity index (χ2n) is 8.72. The summed E-state index contributed by atoms with van der Waals surface area (Å²) in [4.78, 5) is 41.2. The van der Waals surface area contributed by atoms with Gasteiger partial charge in [0.25, 0.3) is 5.91 Å². The van der Waals surface area contributed by atoms with Crippen LogP contribution in [0.1, 0.15) is 57.8 Å². The van der Waals surface area contributed by atoms with E-state index < -0.39 is 17.9 Å². The zero-order chi connectivity index (χ0) is 26.1. The fourth-order valence-corrected chi connectivity index (χ4v) is 4.52. The van der Waals surface area contributed by atoms with Crippen molar-refractivity contribution < 1.29 is 28.6 Å². The molecule has 1 aliphatic heterocycles. The Balaban J connectivity index is 1.63. The van der Waals surface area contributed by atoms with Crippen LogP contribution in [0.2, 0.25) is 0 Å². The molecule has 0 spiro atoms. The number of carbonyl (C=O) groups excluding carboxylic acids is 2. The first-order valence-corrected chi connectivity index (χ1v) is 12.0. The summed E-state index contributed by atoms with van der Waals surface area (Å²) in [6.07, 6.45) is 1.69. The van der Waals surface area contributed by atoms with Gasteiger partial charge in [-0.15, -0.1) is 0 Å². The molecule has 0 bridgehead atoms. The smallest absolute Gasteiger partial charge is 0.338 e. The van der Waals surface area contributed by atoms with Gasteiger partial charge in [0.05, 0.1) is 36.3 Å². The molecule has 4 aromatic rings. The summed E-state index contributed by atoms with van der Waals surface area (Å²) >= 11 is 0. The van der Waals surface area contributed by atoms with E-state index in [2.05, 4.69) is 0 Å². The third-order valence-electron chi connectivity index (χ3n) is 6.41. The standard InChI is InChI=1S/C29H25NO7/c1-3-4-15-36-29(34)17-9-12-19(13-10-17)30-25(18-11-14-21(31)23(16-18)35-2)24-26(32)20-7-5-6-8-22(20)37-27(24)28(30)33/h5-14,16,25,31H,3-4,15H2,1-2H3. The molecule has 5 rings (SSSR count). The molecule has 1 N–H and O–H groups in total. The van der Waals surface area contributed by atoms with Gasteiger partial charge in [0.1, 0.15) is 5.58 Å². The number of carbonyl (C=O) groups is 2. The average Bonchev–Trinajstić information content (AvgIpc) is 3.21. The van der Waals surface area contributed by atoms with Crippen molar-refractivity contribution in [1.29, 1.82) is 0 Å². The number of nitrogens with zero attached hydrogens (tertiary/aromatic N) is 1. The number of hydrogen-bond donors (Lipinski definition) is 1. The molecule has 0 aliphatic carbocycles. The minimum Gasteiger partial charge on any atom is -0.504 e. The SMILES string of the molecule is CCCCOC(=O)c1ccc(N2C(=O)c3oc4ccccc4c(=O)c3C2c2ccc(O)c(OC)c2)cc1. The normalized spacial score (nSPS) is 14.6. The van der Waals surface area contributed by atoms with Gasteiger partial charge in [-0.05, 0) is 60.5 Å². The molecule has 0 saturated heterocycles. The highest BCUT2D eigenvalue weighted by molar-refractivity contribution is 6.10. The minimum absolute atomic E-state index is 0.0520. The first kappa shape index (κ1) is 24.1. The van der Waals surface area contributed by atoms with Crippen LogP contribution in [0.15, 0.2) is 75.9 Å². The van der Waals surface area contributed by atoms with Crippen molar-refractivity contribution in [1.82, 2.24) is 0 Å². The number of aromatic hydroxyl groups is 1. The third kappa shape index (κ3) is 4.20. The summed E-state index contributed by atoms with van der Waals surface area (Å²) in [6.45, 7) is 2.35. The maximum atomic E-state index is 13.7. The van der Waals surface area contributed by atoms with Gasteiger partial charge in [-0.3, -0.25) is 14.5 Å². The lowest BCUT2D eigenvalue weighted by molar-refractivity contribution is 0.0499. The van der Waals surface area contributed by atoms with E-state index in [1.165, 1.54) is 18.1 Å². The first-order chi connectivity index (χ1) is 17.9. The van der Waals surface area contributed by atoms with Crippen LogP contribution in [0.5, 0.6) is 11.5 Å². The van der Waals surface area contributed by atoms with Crippen LogP contribution in [0.4, 0.5) is 5.69 Å². The first-order valence-electron chi connectivity index (χ1n) is 12.0. The van der Waals surface area contributed by atoms with Crippen molar-refractivity contribution in [3.8, 4) is 11.5 Å². The Bertz CT molecular complexity index is 1560. The number of fused-ring (bicyclic) bond motifs is 2. The van der Waals surface area contributed by atoms with Gasteiger partial charge in [-0.25, -0.2) is 4.79 Å². The Labute approximate surface area is 212 Å². The Morgan fingerprint density at radius 1 is 1.05 bits per heavy atom. The largest absolute Gasteiger partial charge is 0.504 e. The molecular formula is C29H25NO7. The van der Waals surface area contributed by atoms with E-state index in [-0.39, 0.29) is 28.3 Å². The van der Waals surface area contributed by atoms with E-state index in [0.29, 0.717) is 34.4 Å². The van der Waals surface area contributed by atoms with Crippen LogP contribution in [-0.4, -0.2) is 30.7 Å². The Hall–Kier alpha value is -4.59. The lowest BCUT2D eigenvalue weighted by Crippen LogP contribution is -2.29. The zero-order valence-electron chi connectivity index (χ0n) is 20.4. The van der Waals surface area contributed by atoms with Crippen molar-refractivity contribution in [3.63, 3.8) is 0 Å². The van der Waals surface area contributed by atoms with Crippen LogP contribution in [0, 0.1) is 0 Å². The van der Waals surface area contributed by atoms with Gasteiger partial charge in [0.2, 0.25) is 5.76 Å². The van der Waals surface area contributed by atoms with Crippen LogP contribution in [-0.2, 0) is 4.74 Å². The Morgan fingerprint density at radius 3 is 2.54 bits per heavy atom. The number of rotatable bonds is 7. The number of anilines is 1. The van der Waals surface area contributed by atoms with E-state index in [9.17, 15) is 19.5 Å². The number of unbranched alkanes of at least 4 members (excludes halogenated alkanes) is 1. The minimum atomic E-state index is -0.847. The lowest BCUT2D eigenvalue weighted by atomic mass is 9.97. The van der Waals surface area contributed by atoms with Crippen molar-refractivity contribution in [2.75, 3.05) is 18.6 Å². The van der Waals surface area contributed by atoms with Gasteiger partial charge in [-0.2, -0.15) is 0 Å². The molecule has 8 nitrogen and oxygen atoms in total. The van der Waals surface area contributed by atoms with E-state index in [0.717, 1.165) is 12.8 Å². The molecule has 0 saturated carbocycles. The highest BCUT2D eigenvalue weighted by Crippen LogP contribution is 2.43. The van der Waals surface area contributed by atoms with Crippen LogP contribution < -0.4 is 15.1 Å². The summed E-state index contributed by atoms with van der Waals surface area (Å²) in [5, 5.41) is 10.5. The molecular weight excluding hydrogens is 474 g/mol. The number of esters is 1. The van der Waals surface area contributed by atoms with Crippen LogP contribution >= 0.6 is 0 Å². The topological polar surface area (TPSA) is 106 Å². The molecule has 0 fully saturated rings. The molecule has 8 heteroatoms. The Kier molecular flexibility index (Phi) is 6.40. The monoisotopic (exact) mass is 499 g/mol. The quantitative estimate of drug-likeness (QED) is 0.275. The van der Waals surface area contributed by atoms with Gasteiger partial charge in [0.15, 0.2) is 16.9 Å². The highest BCUT2D eigenvalue weighted by atomic mass is 16.5. The number of methoxy groups -OCH3 is 1. The number of hydrogen-bond acceptors (Lipinski definition) is 7. The van der Waals surface area contributed by atoms with Gasteiger partial charge in [-0.1, -0.05) is 31.5 Å². The molecule has 1 atom stereocenters. The summed E-state index contributed by atoms with van der Waals surface area (Å²) < 4.78 is 16.5. The van der Waals surface area contributed by atoms with E-state index in [1.807, 2.05) is 6.92 Å². The third-order valence-corrected chi connectivity index (χ3v) is 6.41. The zero-order valence-corrected chi connectivity index (χ0v) is 20.4. The predicted octanol–water partition coefficient (Wildman–Crippen LogP) is 5.21. The van der Waals surface area contributed by atoms with Gasteiger partial charge < -0.3 is 19.0 Å². The van der Waals surface area contributed by atoms with Crippen molar-refractivity contribution in [3.05, 3.63) is 99.4 Å². The highest BCUT2D eigenvalue weighted by Gasteiger charge is 2.44. The fourth-order valence-electron chi connectivity index (χ4n) is 4.52. The second-order valence-corrected chi connectivity index (χ2v) is 8.72. The van der Waals surface area contributed by atoms with E-state index in [4.69, 9.17) is 13.9 Å². The Morgan fingerprint density at radius 2 is 1.81 bits per heavy atom. The molecule has 1 unspecified atom stereocenters. The molecule has 0 radical (unpaired) electrons. The maximum Gasteiger partial charge on any atom is 0.338 e. The molecule has 37 heavy (non-hydrogen) atoms. The lowest BCUT2D eigenvalue weighted by Gasteiger charge is -2.25. The van der Waals surface area contributed by atoms with Crippen LogP contribution in [0.25, 0.3) is 11.0 Å². The van der Waals surface area contributed by atoms with E-state index in [1.54, 1.807) is 60.7 Å². The number of ether oxygens (including phenoxy) is 2. The molecule has 188 valence electrons. The van der Waals surface area contributed by atoms with Crippen molar-refractivity contribution in [2.45, 2.75) is 25.8 Å². The molecule has 1 amide bonds. The number of amides is 1. The number of para-hydroxylation sites is 1. The summed E-state index contributed by atoms with van der Waals surface area (Å²) in [5.74, 6) is -0.858. The second kappa shape index (κ2) is 9.81. The molecule has 2 heterocycles. The molecule has 3 aromatic carbocycles. The number of phenolic OH excluding ortho intramolecular Hbond substituents is 1. The number of phenols is 1. The fraction of sp³-hybridized carbons (Fsp3) is 0.207. The molecule has 1 aliphatic rings. The van der Waals surface area contributed by atoms with Crippen LogP contribution in [0.3, 0.4) is 0 Å². The summed E-state index contributed by atoms with van der Waals surface area (Å²) in [5.41, 5.74) is 1.55. The predicted molar refractivity (Wildman–Crippen MR) is 137 cm³/mol. The van der Waals surface area contributed by atoms with Crippen molar-refractivity contribution in [2.24, 2.45) is 0 Å². The molecule has 1 aromatic heterocycles. The summed E-state index contributed by atoms with van der Waals surface area (Å²) in [6, 6.07) is 17.0. The van der Waals surface area contributed by atoms with Crippen molar-refractivity contribution >= 4 is 28.5 Å². The average molecular weight is 500 g/mol. The van der Waals surface area contributed by atoms with Gasteiger partial charge in [0, 0.05) is 5.69 Å².